The fraction of sp³-hybridized carbons (Fsp3) is 0.0432. The Labute approximate surface area is 861 Å². The molecule has 2 aliphatic carbocycles. The van der Waals surface area contributed by atoms with Gasteiger partial charge in [-0.2, -0.15) is 0 Å². The van der Waals surface area contributed by atoms with Crippen molar-refractivity contribution in [1.82, 2.24) is 44.9 Å². The van der Waals surface area contributed by atoms with Crippen molar-refractivity contribution in [1.29, 1.82) is 0 Å². The van der Waals surface area contributed by atoms with Crippen LogP contribution in [0.3, 0.4) is 0 Å². The average molecular weight is 1910 g/mol. The quantitative estimate of drug-likeness (QED) is 0.110. The molecule has 10 nitrogen and oxygen atoms in total. The van der Waals surface area contributed by atoms with Gasteiger partial charge < -0.3 is 4.42 Å². The third-order valence-corrected chi connectivity index (χ3v) is 30.1. The van der Waals surface area contributed by atoms with E-state index in [0.29, 0.717) is 52.4 Å². The largest absolute Gasteiger partial charge is 0.456 e. The lowest BCUT2D eigenvalue weighted by Crippen LogP contribution is -2.15. The van der Waals surface area contributed by atoms with Crippen molar-refractivity contribution >= 4 is 97.3 Å². The van der Waals surface area contributed by atoms with E-state index in [4.69, 9.17) is 49.3 Å². The maximum absolute atomic E-state index is 6.13. The smallest absolute Gasteiger partial charge is 0.165 e. The molecule has 23 aromatic carbocycles. The van der Waals surface area contributed by atoms with Gasteiger partial charge in [-0.1, -0.05) is 446 Å². The minimum absolute atomic E-state index is 0.111. The van der Waals surface area contributed by atoms with Crippen molar-refractivity contribution in [3.8, 4) is 169 Å². The van der Waals surface area contributed by atoms with Crippen molar-refractivity contribution in [2.45, 2.75) is 38.5 Å². The predicted molar refractivity (Wildman–Crippen MR) is 615 cm³/mol. The van der Waals surface area contributed by atoms with E-state index in [1.807, 2.05) is 24.3 Å². The molecule has 0 amide bonds. The Balaban J connectivity index is 0.000000110. The lowest BCUT2D eigenvalue weighted by Gasteiger charge is -2.23. The lowest BCUT2D eigenvalue weighted by atomic mass is 9.80. The van der Waals surface area contributed by atoms with Crippen LogP contribution in [0.15, 0.2) is 496 Å². The van der Waals surface area contributed by atoms with Gasteiger partial charge in [0.25, 0.3) is 0 Å². The molecule has 0 saturated heterocycles. The number of furan rings is 1. The number of para-hydroxylation sites is 1. The number of hydrogen-bond donors (Lipinski definition) is 0. The second-order valence-corrected chi connectivity index (χ2v) is 39.8. The lowest BCUT2D eigenvalue weighted by molar-refractivity contribution is 0.661. The normalized spacial score (nSPS) is 12.5. The first-order chi connectivity index (χ1) is 73.3. The summed E-state index contributed by atoms with van der Waals surface area (Å²) in [6.45, 7) is 9.34. The van der Waals surface area contributed by atoms with Crippen molar-refractivity contribution in [2.24, 2.45) is 0 Å². The Morgan fingerprint density at radius 1 is 0.141 bits per heavy atom. The van der Waals surface area contributed by atoms with Gasteiger partial charge >= 0.3 is 0 Å². The molecule has 0 fully saturated rings. The van der Waals surface area contributed by atoms with E-state index in [1.54, 1.807) is 0 Å². The molecule has 149 heavy (non-hydrogen) atoms. The summed E-state index contributed by atoms with van der Waals surface area (Å²) in [5.41, 5.74) is 29.8. The fourth-order valence-corrected chi connectivity index (χ4v) is 22.5. The van der Waals surface area contributed by atoms with Crippen LogP contribution in [0.25, 0.3) is 267 Å². The molecule has 700 valence electrons. The fourth-order valence-electron chi connectivity index (χ4n) is 22.5. The molecule has 27 aromatic rings. The highest BCUT2D eigenvalue weighted by Gasteiger charge is 2.40. The summed E-state index contributed by atoms with van der Waals surface area (Å²) < 4.78 is 6.13. The Morgan fingerprint density at radius 2 is 0.430 bits per heavy atom. The predicted octanol–water partition coefficient (Wildman–Crippen LogP) is 35.9. The number of hydrogen-bond acceptors (Lipinski definition) is 10. The first-order valence-corrected chi connectivity index (χ1v) is 50.7. The first-order valence-electron chi connectivity index (χ1n) is 50.7. The summed E-state index contributed by atoms with van der Waals surface area (Å²) in [5, 5.41) is 18.6. The van der Waals surface area contributed by atoms with Crippen LogP contribution in [0.5, 0.6) is 0 Å². The van der Waals surface area contributed by atoms with Crippen LogP contribution in [0.2, 0.25) is 0 Å². The first kappa shape index (κ1) is 88.6. The van der Waals surface area contributed by atoms with Crippen LogP contribution in [0, 0.1) is 0 Å². The summed E-state index contributed by atoms with van der Waals surface area (Å²) in [6, 6.07) is 173. The van der Waals surface area contributed by atoms with Crippen molar-refractivity contribution in [3.63, 3.8) is 0 Å². The van der Waals surface area contributed by atoms with Crippen molar-refractivity contribution in [2.75, 3.05) is 0 Å². The maximum Gasteiger partial charge on any atom is 0.165 e. The van der Waals surface area contributed by atoms with Gasteiger partial charge in [0.15, 0.2) is 52.4 Å². The molecule has 4 heterocycles. The zero-order valence-electron chi connectivity index (χ0n) is 82.2. The van der Waals surface area contributed by atoms with Gasteiger partial charge in [-0.15, -0.1) is 0 Å². The van der Waals surface area contributed by atoms with E-state index in [0.717, 1.165) is 149 Å². The molecule has 0 unspecified atom stereocenters. The summed E-state index contributed by atoms with van der Waals surface area (Å²) >= 11 is 0. The van der Waals surface area contributed by atoms with Crippen LogP contribution >= 0.6 is 0 Å². The molecule has 4 aromatic heterocycles. The van der Waals surface area contributed by atoms with E-state index in [-0.39, 0.29) is 10.8 Å². The molecule has 0 aliphatic heterocycles. The third kappa shape index (κ3) is 16.1. The van der Waals surface area contributed by atoms with E-state index >= 15 is 0 Å². The second-order valence-electron chi connectivity index (χ2n) is 39.8. The zero-order valence-corrected chi connectivity index (χ0v) is 82.2. The Hall–Kier alpha value is -19.3. The van der Waals surface area contributed by atoms with Crippen molar-refractivity contribution in [3.05, 3.63) is 514 Å². The Morgan fingerprint density at radius 3 is 0.879 bits per heavy atom. The van der Waals surface area contributed by atoms with Crippen LogP contribution in [-0.4, -0.2) is 44.9 Å². The molecule has 0 N–H and O–H groups in total. The third-order valence-electron chi connectivity index (χ3n) is 30.1. The summed E-state index contributed by atoms with van der Waals surface area (Å²) in [4.78, 5) is 46.7. The summed E-state index contributed by atoms with van der Waals surface area (Å²) in [7, 11) is 0. The molecular weight excluding hydrogens is 1810 g/mol. The van der Waals surface area contributed by atoms with Gasteiger partial charge in [0, 0.05) is 71.7 Å². The topological polar surface area (TPSA) is 129 Å². The molecule has 0 saturated carbocycles. The highest BCUT2D eigenvalue weighted by molar-refractivity contribution is 6.12. The number of nitrogens with zero attached hydrogens (tertiary/aromatic N) is 9. The number of aromatic nitrogens is 9. The second kappa shape index (κ2) is 36.5. The van der Waals surface area contributed by atoms with E-state index < -0.39 is 0 Å². The summed E-state index contributed by atoms with van der Waals surface area (Å²) in [6.07, 6.45) is 0. The molecular formula is C139H93N9O. The van der Waals surface area contributed by atoms with Gasteiger partial charge in [-0.3, -0.25) is 0 Å². The van der Waals surface area contributed by atoms with Crippen LogP contribution in [0.1, 0.15) is 49.9 Å². The van der Waals surface area contributed by atoms with Crippen LogP contribution in [-0.2, 0) is 10.8 Å². The standard InChI is InChI=1S/C48H33N3.C46H33N3.C45H27N3O/c1-48(2)41-21-10-9-20-40(41)44-42(48)29-34-16-7-8-19-39(34)43(44)35-17-11-18-36(28-35)45-49-46(37-24-22-30-12-3-5-14-32(30)26-37)51-47(50-45)38-25-23-31-13-4-6-15-33(31)27-38;1-46(2)39-26-12-11-25-38(39)41-40(46)29-34-19-9-10-24-37(34)42(41)45-48-43(35-22-13-20-32(27-35)30-15-5-3-6-16-30)47-44(49-45)36-23-14-21-33(28-36)31-17-7-4-8-18-31;1-3-11-30-25-33(21-19-28(30)9-1)43-46-44(34-22-20-29-10-2-4-12-31(29)26-34)48-45(47-43)39-17-8-15-36-35(14-7-16-37(36)39)32-23-24-42-40(27-32)38-13-5-6-18-41(38)49-42/h3-29H,1-2H3;3-29H,1-2H3;1-27H. The molecule has 29 rings (SSSR count). The summed E-state index contributed by atoms with van der Waals surface area (Å²) in [5.74, 6) is 5.85. The zero-order chi connectivity index (χ0) is 99.4. The molecule has 0 radical (unpaired) electrons. The van der Waals surface area contributed by atoms with E-state index in [1.165, 1.54) is 87.8 Å². The SMILES string of the molecule is CC1(C)c2ccccc2-c2c1cc1ccccc1c2-c1cccc(-c2nc(-c3ccc4ccccc4c3)nc(-c3ccc4ccccc4c3)n2)c1.CC1(C)c2ccccc2-c2c1cc1ccccc1c2-c1nc(-c2cccc(-c3ccccc3)c2)nc(-c2cccc(-c3ccccc3)c2)n1.c1ccc2cc(-c3nc(-c4ccc5ccccc5c4)nc(-c4cccc5c(-c6ccc7oc8ccccc8c7c6)cccc45)n3)ccc2c1. The van der Waals surface area contributed by atoms with E-state index in [2.05, 4.69) is 495 Å². The molecule has 0 bridgehead atoms. The van der Waals surface area contributed by atoms with Gasteiger partial charge in [0.05, 0.1) is 0 Å². The van der Waals surface area contributed by atoms with Gasteiger partial charge in [-0.25, -0.2) is 44.9 Å². The Kier molecular flexibility index (Phi) is 21.7. The maximum atomic E-state index is 6.13. The van der Waals surface area contributed by atoms with Gasteiger partial charge in [0.1, 0.15) is 11.2 Å². The average Bonchev–Trinajstić information content (AvgIpc) is 1.56. The molecule has 10 heteroatoms. The minimum atomic E-state index is -0.169. The van der Waals surface area contributed by atoms with Crippen LogP contribution < -0.4 is 0 Å². The number of rotatable bonds is 13. The van der Waals surface area contributed by atoms with Crippen molar-refractivity contribution < 1.29 is 4.42 Å². The molecule has 2 aliphatic rings. The number of benzene rings is 23. The monoisotopic (exact) mass is 1900 g/mol. The highest BCUT2D eigenvalue weighted by Crippen LogP contribution is 2.57. The molecule has 0 atom stereocenters. The van der Waals surface area contributed by atoms with E-state index in [9.17, 15) is 0 Å². The highest BCUT2D eigenvalue weighted by atomic mass is 16.3. The number of fused-ring (bicyclic) bond motifs is 16. The van der Waals surface area contributed by atoms with Gasteiger partial charge in [-0.05, 0) is 237 Å². The minimum Gasteiger partial charge on any atom is -0.456 e. The Bertz CT molecular complexity index is 9790. The van der Waals surface area contributed by atoms with Crippen LogP contribution in [0.4, 0.5) is 0 Å². The molecule has 0 spiro atoms. The van der Waals surface area contributed by atoms with Gasteiger partial charge in [0.2, 0.25) is 0 Å².